The number of carbonyl (C=O) groups excluding carboxylic acids is 2. The van der Waals surface area contributed by atoms with Gasteiger partial charge in [0.2, 0.25) is 5.91 Å². The van der Waals surface area contributed by atoms with Gasteiger partial charge in [0, 0.05) is 50.0 Å². The van der Waals surface area contributed by atoms with Gasteiger partial charge in [-0.2, -0.15) is 0 Å². The summed E-state index contributed by atoms with van der Waals surface area (Å²) in [5.74, 6) is 0.585. The zero-order chi connectivity index (χ0) is 18.5. The predicted octanol–water partition coefficient (Wildman–Crippen LogP) is 1.99. The molecule has 0 spiro atoms. The van der Waals surface area contributed by atoms with Crippen LogP contribution in [-0.2, 0) is 4.79 Å². The maximum Gasteiger partial charge on any atom is 0.289 e. The summed E-state index contributed by atoms with van der Waals surface area (Å²) < 4.78 is 5.89. The van der Waals surface area contributed by atoms with Crippen LogP contribution in [0.5, 0.6) is 0 Å². The van der Waals surface area contributed by atoms with Crippen LogP contribution >= 0.6 is 0 Å². The molecule has 2 fully saturated rings. The molecule has 0 bridgehead atoms. The maximum absolute atomic E-state index is 13.1. The van der Waals surface area contributed by atoms with Gasteiger partial charge in [0.05, 0.1) is 5.54 Å². The summed E-state index contributed by atoms with van der Waals surface area (Å²) in [7, 11) is 0. The standard InChI is InChI=1S/C20H25N3O3/c1-12-4-5-17-16(8-12)13(2)18(26-17)19(25)23-7-6-20(22-14(3)24)11-21-9-15(20)10-23/h4-5,8,15,21H,6-7,9-11H2,1-3H3,(H,22,24)/t15-,20+/m0/s1. The molecule has 2 aromatic rings. The molecule has 0 saturated carbocycles. The molecule has 1 aromatic heterocycles. The molecule has 3 heterocycles. The summed E-state index contributed by atoms with van der Waals surface area (Å²) in [4.78, 5) is 26.6. The lowest BCUT2D eigenvalue weighted by Crippen LogP contribution is -2.61. The number of rotatable bonds is 2. The summed E-state index contributed by atoms with van der Waals surface area (Å²) in [6.07, 6.45) is 0.758. The lowest BCUT2D eigenvalue weighted by Gasteiger charge is -2.43. The molecule has 2 saturated heterocycles. The lowest BCUT2D eigenvalue weighted by molar-refractivity contribution is -0.121. The number of aryl methyl sites for hydroxylation is 2. The zero-order valence-corrected chi connectivity index (χ0v) is 15.5. The van der Waals surface area contributed by atoms with Crippen LogP contribution in [0.3, 0.4) is 0 Å². The van der Waals surface area contributed by atoms with Gasteiger partial charge in [-0.25, -0.2) is 0 Å². The molecule has 1 aromatic carbocycles. The molecular formula is C20H25N3O3. The van der Waals surface area contributed by atoms with Crippen molar-refractivity contribution >= 4 is 22.8 Å². The monoisotopic (exact) mass is 355 g/mol. The van der Waals surface area contributed by atoms with Crippen molar-refractivity contribution in [2.45, 2.75) is 32.7 Å². The zero-order valence-electron chi connectivity index (χ0n) is 15.5. The predicted molar refractivity (Wildman–Crippen MR) is 99.1 cm³/mol. The number of hydrogen-bond donors (Lipinski definition) is 2. The molecule has 26 heavy (non-hydrogen) atoms. The Labute approximate surface area is 152 Å². The van der Waals surface area contributed by atoms with Gasteiger partial charge in [0.1, 0.15) is 5.58 Å². The Morgan fingerprint density at radius 2 is 2.15 bits per heavy atom. The molecule has 2 N–H and O–H groups in total. The quantitative estimate of drug-likeness (QED) is 0.864. The number of fused-ring (bicyclic) bond motifs is 2. The number of likely N-dealkylation sites (tertiary alicyclic amines) is 1. The molecule has 2 amide bonds. The van der Waals surface area contributed by atoms with E-state index in [0.717, 1.165) is 41.6 Å². The van der Waals surface area contributed by atoms with Crippen LogP contribution < -0.4 is 10.6 Å². The molecule has 0 unspecified atom stereocenters. The highest BCUT2D eigenvalue weighted by atomic mass is 16.3. The number of carbonyl (C=O) groups is 2. The normalized spacial score (nSPS) is 25.3. The highest BCUT2D eigenvalue weighted by Crippen LogP contribution is 2.33. The third-order valence-electron chi connectivity index (χ3n) is 5.88. The first-order valence-electron chi connectivity index (χ1n) is 9.18. The molecular weight excluding hydrogens is 330 g/mol. The summed E-state index contributed by atoms with van der Waals surface area (Å²) in [6, 6.07) is 5.98. The van der Waals surface area contributed by atoms with E-state index in [0.29, 0.717) is 18.8 Å². The first-order valence-corrected chi connectivity index (χ1v) is 9.18. The number of benzene rings is 1. The van der Waals surface area contributed by atoms with Gasteiger partial charge in [0.15, 0.2) is 5.76 Å². The van der Waals surface area contributed by atoms with Gasteiger partial charge in [0.25, 0.3) is 5.91 Å². The highest BCUT2D eigenvalue weighted by molar-refractivity contribution is 5.99. The smallest absolute Gasteiger partial charge is 0.289 e. The fourth-order valence-electron chi connectivity index (χ4n) is 4.46. The van der Waals surface area contributed by atoms with Crippen molar-refractivity contribution in [1.82, 2.24) is 15.5 Å². The van der Waals surface area contributed by atoms with Crippen LogP contribution in [0.2, 0.25) is 0 Å². The number of hydrogen-bond acceptors (Lipinski definition) is 4. The molecule has 6 heteroatoms. The molecule has 138 valence electrons. The fraction of sp³-hybridized carbons (Fsp3) is 0.500. The lowest BCUT2D eigenvalue weighted by atomic mass is 9.80. The molecule has 4 rings (SSSR count). The summed E-state index contributed by atoms with van der Waals surface area (Å²) >= 11 is 0. The van der Waals surface area contributed by atoms with Gasteiger partial charge in [-0.05, 0) is 32.4 Å². The van der Waals surface area contributed by atoms with Crippen molar-refractivity contribution < 1.29 is 14.0 Å². The van der Waals surface area contributed by atoms with Crippen LogP contribution in [0, 0.1) is 19.8 Å². The number of piperidine rings is 1. The van der Waals surface area contributed by atoms with Gasteiger partial charge < -0.3 is 20.0 Å². The Morgan fingerprint density at radius 1 is 1.35 bits per heavy atom. The molecule has 2 aliphatic heterocycles. The van der Waals surface area contributed by atoms with Gasteiger partial charge in [-0.1, -0.05) is 11.6 Å². The van der Waals surface area contributed by atoms with E-state index in [1.54, 1.807) is 6.92 Å². The van der Waals surface area contributed by atoms with Crippen LogP contribution in [-0.4, -0.2) is 48.4 Å². The van der Waals surface area contributed by atoms with Crippen molar-refractivity contribution in [3.63, 3.8) is 0 Å². The van der Waals surface area contributed by atoms with Crippen LogP contribution in [0.4, 0.5) is 0 Å². The minimum Gasteiger partial charge on any atom is -0.451 e. The summed E-state index contributed by atoms with van der Waals surface area (Å²) in [6.45, 7) is 8.36. The van der Waals surface area contributed by atoms with Gasteiger partial charge >= 0.3 is 0 Å². The van der Waals surface area contributed by atoms with E-state index < -0.39 is 0 Å². The average molecular weight is 355 g/mol. The Balaban J connectivity index is 1.59. The van der Waals surface area contributed by atoms with Crippen molar-refractivity contribution in [3.05, 3.63) is 35.1 Å². The third kappa shape index (κ3) is 2.69. The average Bonchev–Trinajstić information content (AvgIpc) is 3.14. The molecule has 2 aliphatic rings. The Morgan fingerprint density at radius 3 is 2.92 bits per heavy atom. The van der Waals surface area contributed by atoms with E-state index in [1.165, 1.54) is 0 Å². The second-order valence-corrected chi connectivity index (χ2v) is 7.72. The molecule has 0 radical (unpaired) electrons. The first kappa shape index (κ1) is 17.1. The second kappa shape index (κ2) is 6.13. The van der Waals surface area contributed by atoms with Crippen LogP contribution in [0.25, 0.3) is 11.0 Å². The topological polar surface area (TPSA) is 74.6 Å². The first-order chi connectivity index (χ1) is 12.4. The van der Waals surface area contributed by atoms with E-state index in [4.69, 9.17) is 4.42 Å². The van der Waals surface area contributed by atoms with Crippen molar-refractivity contribution in [2.75, 3.05) is 26.2 Å². The molecule has 6 nitrogen and oxygen atoms in total. The van der Waals surface area contributed by atoms with E-state index in [1.807, 2.05) is 30.9 Å². The fourth-order valence-corrected chi connectivity index (χ4v) is 4.46. The minimum atomic E-state index is -0.233. The molecule has 0 aliphatic carbocycles. The van der Waals surface area contributed by atoms with Gasteiger partial charge in [-0.3, -0.25) is 9.59 Å². The van der Waals surface area contributed by atoms with E-state index in [-0.39, 0.29) is 23.3 Å². The number of furan rings is 1. The van der Waals surface area contributed by atoms with Crippen LogP contribution in [0.15, 0.2) is 22.6 Å². The van der Waals surface area contributed by atoms with E-state index in [2.05, 4.69) is 16.7 Å². The second-order valence-electron chi connectivity index (χ2n) is 7.72. The Kier molecular flexibility index (Phi) is 4.03. The SMILES string of the molecule is CC(=O)N[C@@]12CCN(C(=O)c3oc4ccc(C)cc4c3C)C[C@@H]1CNC2. The largest absolute Gasteiger partial charge is 0.451 e. The van der Waals surface area contributed by atoms with Gasteiger partial charge in [-0.15, -0.1) is 0 Å². The molecule has 2 atom stereocenters. The summed E-state index contributed by atoms with van der Waals surface area (Å²) in [5.41, 5.74) is 2.57. The van der Waals surface area contributed by atoms with E-state index in [9.17, 15) is 9.59 Å². The van der Waals surface area contributed by atoms with Crippen molar-refractivity contribution in [1.29, 1.82) is 0 Å². The van der Waals surface area contributed by atoms with Crippen molar-refractivity contribution in [3.8, 4) is 0 Å². The summed E-state index contributed by atoms with van der Waals surface area (Å²) in [5, 5.41) is 7.51. The maximum atomic E-state index is 13.1. The number of amides is 2. The van der Waals surface area contributed by atoms with Crippen LogP contribution in [0.1, 0.15) is 35.0 Å². The Bertz CT molecular complexity index is 888. The highest BCUT2D eigenvalue weighted by Gasteiger charge is 2.48. The third-order valence-corrected chi connectivity index (χ3v) is 5.88. The van der Waals surface area contributed by atoms with E-state index >= 15 is 0 Å². The number of nitrogens with zero attached hydrogens (tertiary/aromatic N) is 1. The number of nitrogens with one attached hydrogen (secondary N) is 2. The van der Waals surface area contributed by atoms with Crippen molar-refractivity contribution in [2.24, 2.45) is 5.92 Å². The minimum absolute atomic E-state index is 0.0121. The Hall–Kier alpha value is -2.34.